The largest absolute Gasteiger partial charge is 0.380 e. The maximum Gasteiger partial charge on any atom is 0.0645 e. The summed E-state index contributed by atoms with van der Waals surface area (Å²) in [6.07, 6.45) is 2.30. The second-order valence-corrected chi connectivity index (χ2v) is 6.08. The van der Waals surface area contributed by atoms with E-state index in [9.17, 15) is 0 Å². The highest BCUT2D eigenvalue weighted by molar-refractivity contribution is 9.10. The number of rotatable bonds is 3. The Morgan fingerprint density at radius 1 is 1.53 bits per heavy atom. The minimum Gasteiger partial charge on any atom is -0.380 e. The summed E-state index contributed by atoms with van der Waals surface area (Å²) in [6, 6.07) is 6.03. The predicted molar refractivity (Wildman–Crippen MR) is 74.4 cm³/mol. The average Bonchev–Trinajstić information content (AvgIpc) is 2.32. The minimum atomic E-state index is 0.102. The van der Waals surface area contributed by atoms with E-state index in [-0.39, 0.29) is 5.54 Å². The fraction of sp³-hybridized carbons (Fsp3) is 0.538. The third-order valence-electron chi connectivity index (χ3n) is 3.14. The first kappa shape index (κ1) is 13.3. The van der Waals surface area contributed by atoms with Gasteiger partial charge >= 0.3 is 0 Å². The van der Waals surface area contributed by atoms with Crippen molar-refractivity contribution < 1.29 is 4.74 Å². The topological polar surface area (TPSA) is 21.3 Å². The van der Waals surface area contributed by atoms with Crippen LogP contribution in [0.2, 0.25) is 5.02 Å². The Morgan fingerprint density at radius 2 is 2.35 bits per heavy atom. The van der Waals surface area contributed by atoms with Crippen molar-refractivity contribution in [3.63, 3.8) is 0 Å². The van der Waals surface area contributed by atoms with E-state index < -0.39 is 0 Å². The highest BCUT2D eigenvalue weighted by atomic mass is 79.9. The molecule has 1 unspecified atom stereocenters. The van der Waals surface area contributed by atoms with E-state index in [2.05, 4.69) is 34.2 Å². The Hall–Kier alpha value is -0.0900. The Balaban J connectivity index is 1.94. The molecule has 2 rings (SSSR count). The number of hydrogen-bond acceptors (Lipinski definition) is 2. The van der Waals surface area contributed by atoms with Gasteiger partial charge in [-0.15, -0.1) is 0 Å². The zero-order valence-corrected chi connectivity index (χ0v) is 12.3. The summed E-state index contributed by atoms with van der Waals surface area (Å²) in [5.41, 5.74) is 1.33. The average molecular weight is 319 g/mol. The monoisotopic (exact) mass is 317 g/mol. The lowest BCUT2D eigenvalue weighted by Gasteiger charge is -2.34. The summed E-state index contributed by atoms with van der Waals surface area (Å²) >= 11 is 9.41. The number of halogens is 2. The molecule has 0 radical (unpaired) electrons. The normalized spacial score (nSPS) is 24.9. The first-order chi connectivity index (χ1) is 8.09. The summed E-state index contributed by atoms with van der Waals surface area (Å²) in [5.74, 6) is 0. The van der Waals surface area contributed by atoms with Crippen LogP contribution >= 0.6 is 27.5 Å². The zero-order valence-electron chi connectivity index (χ0n) is 9.93. The van der Waals surface area contributed by atoms with E-state index >= 15 is 0 Å². The molecule has 1 heterocycles. The van der Waals surface area contributed by atoms with Gasteiger partial charge in [0.25, 0.3) is 0 Å². The Labute approximate surface area is 116 Å². The van der Waals surface area contributed by atoms with Gasteiger partial charge in [0.15, 0.2) is 0 Å². The molecule has 1 aromatic carbocycles. The van der Waals surface area contributed by atoms with E-state index in [0.717, 1.165) is 35.7 Å². The summed E-state index contributed by atoms with van der Waals surface area (Å²) < 4.78 is 6.47. The van der Waals surface area contributed by atoms with Crippen molar-refractivity contribution in [1.29, 1.82) is 0 Å². The van der Waals surface area contributed by atoms with Crippen LogP contribution in [0, 0.1) is 0 Å². The van der Waals surface area contributed by atoms with Gasteiger partial charge in [0, 0.05) is 23.2 Å². The number of hydrogen-bond donors (Lipinski definition) is 1. The van der Waals surface area contributed by atoms with Crippen molar-refractivity contribution in [3.8, 4) is 0 Å². The molecule has 0 aliphatic carbocycles. The zero-order chi connectivity index (χ0) is 12.3. The Bertz CT molecular complexity index is 391. The van der Waals surface area contributed by atoms with Gasteiger partial charge in [0.05, 0.1) is 11.6 Å². The highest BCUT2D eigenvalue weighted by Crippen LogP contribution is 2.24. The predicted octanol–water partition coefficient (Wildman–Crippen LogP) is 3.76. The molecule has 1 aromatic rings. The molecule has 1 aliphatic heterocycles. The highest BCUT2D eigenvalue weighted by Gasteiger charge is 2.26. The summed E-state index contributed by atoms with van der Waals surface area (Å²) in [7, 11) is 0. The molecule has 1 aliphatic rings. The van der Waals surface area contributed by atoms with Gasteiger partial charge in [-0.1, -0.05) is 17.7 Å². The van der Waals surface area contributed by atoms with E-state index in [1.165, 1.54) is 12.0 Å². The van der Waals surface area contributed by atoms with E-state index in [1.807, 2.05) is 12.1 Å². The molecule has 94 valence electrons. The summed E-state index contributed by atoms with van der Waals surface area (Å²) in [5, 5.41) is 4.32. The lowest BCUT2D eigenvalue weighted by Crippen LogP contribution is -2.48. The van der Waals surface area contributed by atoms with Crippen LogP contribution in [-0.4, -0.2) is 18.8 Å². The van der Waals surface area contributed by atoms with E-state index in [1.54, 1.807) is 0 Å². The molecular formula is C13H17BrClNO. The van der Waals surface area contributed by atoms with Gasteiger partial charge in [-0.3, -0.25) is 0 Å². The number of ether oxygens (including phenoxy) is 1. The Morgan fingerprint density at radius 3 is 3.00 bits per heavy atom. The van der Waals surface area contributed by atoms with E-state index in [4.69, 9.17) is 16.3 Å². The van der Waals surface area contributed by atoms with Crippen LogP contribution < -0.4 is 5.32 Å². The second kappa shape index (κ2) is 5.70. The smallest absolute Gasteiger partial charge is 0.0645 e. The molecule has 0 spiro atoms. The summed E-state index contributed by atoms with van der Waals surface area (Å²) in [4.78, 5) is 0. The van der Waals surface area contributed by atoms with Crippen molar-refractivity contribution in [2.45, 2.75) is 31.8 Å². The van der Waals surface area contributed by atoms with Gasteiger partial charge in [-0.2, -0.15) is 0 Å². The van der Waals surface area contributed by atoms with E-state index in [0.29, 0.717) is 0 Å². The van der Waals surface area contributed by atoms with Gasteiger partial charge in [0.2, 0.25) is 0 Å². The molecule has 1 atom stereocenters. The minimum absolute atomic E-state index is 0.102. The first-order valence-corrected chi connectivity index (χ1v) is 7.03. The Kier molecular flexibility index (Phi) is 4.47. The quantitative estimate of drug-likeness (QED) is 0.916. The van der Waals surface area contributed by atoms with Crippen molar-refractivity contribution in [3.05, 3.63) is 33.3 Å². The molecule has 0 saturated carbocycles. The van der Waals surface area contributed by atoms with Crippen molar-refractivity contribution >= 4 is 27.5 Å². The van der Waals surface area contributed by atoms with Gasteiger partial charge in [-0.05, 0) is 53.4 Å². The van der Waals surface area contributed by atoms with Crippen molar-refractivity contribution in [2.24, 2.45) is 0 Å². The maximum atomic E-state index is 5.97. The number of nitrogens with one attached hydrogen (secondary N) is 1. The molecule has 1 N–H and O–H groups in total. The van der Waals surface area contributed by atoms with Crippen LogP contribution in [0.4, 0.5) is 0 Å². The summed E-state index contributed by atoms with van der Waals surface area (Å²) in [6.45, 7) is 4.75. The molecule has 0 aromatic heterocycles. The van der Waals surface area contributed by atoms with Crippen LogP contribution in [0.1, 0.15) is 25.3 Å². The van der Waals surface area contributed by atoms with Gasteiger partial charge in [0.1, 0.15) is 0 Å². The SMILES string of the molecule is CC1(NCc2ccc(Cl)c(Br)c2)CCCOC1. The van der Waals surface area contributed by atoms with Crippen molar-refractivity contribution in [1.82, 2.24) is 5.32 Å². The van der Waals surface area contributed by atoms with Crippen LogP contribution in [0.5, 0.6) is 0 Å². The standard InChI is InChI=1S/C13H17BrClNO/c1-13(5-2-6-17-9-13)16-8-10-3-4-12(15)11(14)7-10/h3-4,7,16H,2,5-6,8-9H2,1H3. The number of benzene rings is 1. The molecule has 2 nitrogen and oxygen atoms in total. The molecule has 1 saturated heterocycles. The third kappa shape index (κ3) is 3.68. The molecule has 17 heavy (non-hydrogen) atoms. The first-order valence-electron chi connectivity index (χ1n) is 5.86. The second-order valence-electron chi connectivity index (χ2n) is 4.82. The van der Waals surface area contributed by atoms with Crippen LogP contribution in [0.15, 0.2) is 22.7 Å². The lowest BCUT2D eigenvalue weighted by atomic mass is 9.94. The van der Waals surface area contributed by atoms with Crippen LogP contribution in [0.3, 0.4) is 0 Å². The third-order valence-corrected chi connectivity index (χ3v) is 4.36. The molecule has 1 fully saturated rings. The fourth-order valence-corrected chi connectivity index (χ4v) is 2.58. The lowest BCUT2D eigenvalue weighted by molar-refractivity contribution is 0.0278. The van der Waals surface area contributed by atoms with Crippen LogP contribution in [-0.2, 0) is 11.3 Å². The van der Waals surface area contributed by atoms with Crippen molar-refractivity contribution in [2.75, 3.05) is 13.2 Å². The molecule has 0 bridgehead atoms. The maximum absolute atomic E-state index is 5.97. The molecule has 0 amide bonds. The van der Waals surface area contributed by atoms with Gasteiger partial charge in [-0.25, -0.2) is 0 Å². The van der Waals surface area contributed by atoms with Gasteiger partial charge < -0.3 is 10.1 Å². The molecular weight excluding hydrogens is 302 g/mol. The fourth-order valence-electron chi connectivity index (χ4n) is 2.04. The molecule has 4 heteroatoms. The van der Waals surface area contributed by atoms with Crippen LogP contribution in [0.25, 0.3) is 0 Å².